The van der Waals surface area contributed by atoms with Crippen LogP contribution in [-0.2, 0) is 101 Å². The van der Waals surface area contributed by atoms with Crippen molar-refractivity contribution in [3.8, 4) is 112 Å². The van der Waals surface area contributed by atoms with E-state index in [0.717, 1.165) is 56.3 Å². The van der Waals surface area contributed by atoms with Crippen LogP contribution in [0.1, 0.15) is 27.8 Å². The van der Waals surface area contributed by atoms with Gasteiger partial charge < -0.3 is 24.9 Å². The Kier molecular flexibility index (Phi) is 33.4. The molecule has 0 N–H and O–H groups in total. The quantitative estimate of drug-likeness (QED) is 0.128. The van der Waals surface area contributed by atoms with Crippen molar-refractivity contribution in [1.29, 1.82) is 0 Å². The summed E-state index contributed by atoms with van der Waals surface area (Å²) in [4.78, 5) is 22.1. The third-order valence-electron chi connectivity index (χ3n) is 15.7. The molecule has 0 bridgehead atoms. The van der Waals surface area contributed by atoms with E-state index in [0.29, 0.717) is 0 Å². The summed E-state index contributed by atoms with van der Waals surface area (Å²) in [5.74, 6) is 0. The molecule has 0 aliphatic carbocycles. The summed E-state index contributed by atoms with van der Waals surface area (Å²) >= 11 is 0. The first kappa shape index (κ1) is 80.2. The van der Waals surface area contributed by atoms with Gasteiger partial charge in [-0.05, 0) is 115 Å². The van der Waals surface area contributed by atoms with Gasteiger partial charge in [0.05, 0.1) is 0 Å². The van der Waals surface area contributed by atoms with Crippen molar-refractivity contribution in [2.24, 2.45) is 0 Å². The Morgan fingerprint density at radius 3 is 1.02 bits per heavy atom. The molecule has 0 fully saturated rings. The van der Waals surface area contributed by atoms with Gasteiger partial charge in [-0.25, -0.2) is 0 Å². The molecule has 5 heterocycles. The molecular formula is C90H70Ir5N5-5. The molecule has 0 amide bonds. The molecule has 15 rings (SSSR count). The van der Waals surface area contributed by atoms with Crippen LogP contribution in [0.5, 0.6) is 0 Å². The molecule has 10 aromatic carbocycles. The molecule has 0 unspecified atom stereocenters. The van der Waals surface area contributed by atoms with Crippen molar-refractivity contribution < 1.29 is 101 Å². The van der Waals surface area contributed by atoms with E-state index in [9.17, 15) is 0 Å². The molecule has 100 heavy (non-hydrogen) atoms. The van der Waals surface area contributed by atoms with Gasteiger partial charge >= 0.3 is 0 Å². The molecular weight excluding hydrogens is 2110 g/mol. The van der Waals surface area contributed by atoms with Gasteiger partial charge in [-0.2, -0.15) is 0 Å². The molecule has 0 aliphatic heterocycles. The van der Waals surface area contributed by atoms with Crippen LogP contribution in [0.2, 0.25) is 0 Å². The first-order valence-corrected chi connectivity index (χ1v) is 31.7. The third kappa shape index (κ3) is 23.1. The molecule has 5 nitrogen and oxygen atoms in total. The van der Waals surface area contributed by atoms with E-state index in [1.165, 1.54) is 83.5 Å². The maximum atomic E-state index is 4.45. The number of rotatable bonds is 10. The SMILES string of the molecule is Cc1ccc(-c2[c-]ccc(-c3ccccc3)c2)nc1.Cc1ccc(-c2cc[c-]c(-c3ccccn3)c2)cc1.Cc1cccnc1-c1[c-]cc(-c2ccccc2)cc1.Cc1cccnc1-c1[c-]ccc(-c2ccccc2)c1.Cc1ccnc(-c2[c-]ccc(-c3ccccc3)c2)c1.[Ir].[Ir].[Ir].[Ir].[Ir]. The fraction of sp³-hybridized carbons (Fsp3) is 0.0556. The van der Waals surface area contributed by atoms with Crippen molar-refractivity contribution in [2.45, 2.75) is 34.6 Å². The summed E-state index contributed by atoms with van der Waals surface area (Å²) in [7, 11) is 0. The second-order valence-electron chi connectivity index (χ2n) is 22.8. The van der Waals surface area contributed by atoms with Crippen LogP contribution in [0.15, 0.2) is 334 Å². The Morgan fingerprint density at radius 1 is 0.220 bits per heavy atom. The number of aryl methyl sites for hydroxylation is 5. The fourth-order valence-corrected chi connectivity index (χ4v) is 10.6. The first-order chi connectivity index (χ1) is 46.7. The second kappa shape index (κ2) is 41.7. The number of aromatic nitrogens is 5. The van der Waals surface area contributed by atoms with Crippen molar-refractivity contribution in [3.05, 3.63) is 392 Å². The number of pyridine rings is 5. The number of hydrogen-bond acceptors (Lipinski definition) is 5. The van der Waals surface area contributed by atoms with Crippen molar-refractivity contribution in [1.82, 2.24) is 24.9 Å². The van der Waals surface area contributed by atoms with Crippen LogP contribution in [0.3, 0.4) is 0 Å². The van der Waals surface area contributed by atoms with Gasteiger partial charge in [0.15, 0.2) is 0 Å². The number of benzene rings is 10. The Morgan fingerprint density at radius 2 is 0.600 bits per heavy atom. The van der Waals surface area contributed by atoms with Crippen LogP contribution < -0.4 is 0 Å². The van der Waals surface area contributed by atoms with E-state index in [1.54, 1.807) is 0 Å². The fourth-order valence-electron chi connectivity index (χ4n) is 10.6. The molecule has 0 saturated carbocycles. The van der Waals surface area contributed by atoms with Crippen LogP contribution in [0.4, 0.5) is 0 Å². The summed E-state index contributed by atoms with van der Waals surface area (Å²) in [6, 6.07) is 119. The van der Waals surface area contributed by atoms with Crippen LogP contribution in [0.25, 0.3) is 112 Å². The molecule has 0 atom stereocenters. The minimum absolute atomic E-state index is 0. The largest absolute Gasteiger partial charge is 0.305 e. The molecule has 0 aliphatic rings. The van der Waals surface area contributed by atoms with Crippen molar-refractivity contribution in [2.75, 3.05) is 0 Å². The first-order valence-electron chi connectivity index (χ1n) is 31.7. The Labute approximate surface area is 658 Å². The van der Waals surface area contributed by atoms with Gasteiger partial charge in [0.2, 0.25) is 0 Å². The average molecular weight is 2180 g/mol. The number of nitrogens with zero attached hydrogens (tertiary/aromatic N) is 5. The maximum absolute atomic E-state index is 4.45. The zero-order valence-corrected chi connectivity index (χ0v) is 67.6. The van der Waals surface area contributed by atoms with E-state index in [1.807, 2.05) is 147 Å². The van der Waals surface area contributed by atoms with E-state index in [-0.39, 0.29) is 101 Å². The minimum atomic E-state index is 0. The van der Waals surface area contributed by atoms with E-state index in [4.69, 9.17) is 0 Å². The molecule has 0 spiro atoms. The van der Waals surface area contributed by atoms with Gasteiger partial charge in [0.25, 0.3) is 0 Å². The zero-order valence-electron chi connectivity index (χ0n) is 55.7. The van der Waals surface area contributed by atoms with Gasteiger partial charge in [0.1, 0.15) is 0 Å². The average Bonchev–Trinajstić information content (AvgIpc) is 0.859. The maximum Gasteiger partial charge on any atom is 0.0190 e. The summed E-state index contributed by atoms with van der Waals surface area (Å²) < 4.78 is 0. The molecule has 505 valence electrons. The zero-order chi connectivity index (χ0) is 65.4. The summed E-state index contributed by atoms with van der Waals surface area (Å²) in [6.07, 6.45) is 9.18. The van der Waals surface area contributed by atoms with E-state index >= 15 is 0 Å². The summed E-state index contributed by atoms with van der Waals surface area (Å²) in [5, 5.41) is 0. The van der Waals surface area contributed by atoms with Crippen LogP contribution >= 0.6 is 0 Å². The predicted octanol–water partition coefficient (Wildman–Crippen LogP) is 22.6. The smallest absolute Gasteiger partial charge is 0.0190 e. The van der Waals surface area contributed by atoms with Gasteiger partial charge in [-0.3, -0.25) is 0 Å². The van der Waals surface area contributed by atoms with Crippen molar-refractivity contribution in [3.63, 3.8) is 0 Å². The molecule has 10 heteroatoms. The van der Waals surface area contributed by atoms with Crippen LogP contribution in [-0.4, -0.2) is 24.9 Å². The molecule has 0 saturated heterocycles. The van der Waals surface area contributed by atoms with E-state index in [2.05, 4.69) is 277 Å². The van der Waals surface area contributed by atoms with Crippen molar-refractivity contribution >= 4 is 0 Å². The van der Waals surface area contributed by atoms with E-state index < -0.39 is 0 Å². The topological polar surface area (TPSA) is 64.5 Å². The van der Waals surface area contributed by atoms with Gasteiger partial charge in [0, 0.05) is 132 Å². The Bertz CT molecular complexity index is 4730. The predicted molar refractivity (Wildman–Crippen MR) is 393 cm³/mol. The van der Waals surface area contributed by atoms with Gasteiger partial charge in [-0.15, -0.1) is 171 Å². The molecule has 5 radical (unpaired) electrons. The normalized spacial score (nSPS) is 9.85. The molecule has 5 aromatic heterocycles. The molecule has 15 aromatic rings. The summed E-state index contributed by atoms with van der Waals surface area (Å²) in [5.41, 5.74) is 28.1. The monoisotopic (exact) mass is 2190 g/mol. The summed E-state index contributed by atoms with van der Waals surface area (Å²) in [6.45, 7) is 10.4. The van der Waals surface area contributed by atoms with Crippen LogP contribution in [0, 0.1) is 65.0 Å². The van der Waals surface area contributed by atoms with Gasteiger partial charge in [-0.1, -0.05) is 221 Å². The Hall–Kier alpha value is -8.80. The third-order valence-corrected chi connectivity index (χ3v) is 15.7. The second-order valence-corrected chi connectivity index (χ2v) is 22.8. The standard InChI is InChI=1S/5C18H14N.5Ir/c1-14-8-10-15(11-9-14)16-5-4-6-17(13-16)18-7-2-3-12-19-18;1-14-7-6-12-19-18(14)17-11-5-10-16(13-17)15-8-3-2-4-9-15;1-14-6-5-13-19-18(14)17-11-9-16(10-12-17)15-7-3-2-4-8-15;1-14-10-11-18(19-13-14)17-9-5-8-16(12-17)15-6-3-2-4-7-15;1-14-10-11-19-18(12-14)17-9-5-8-16(13-17)15-6-3-2-4-7-15;;;;;/h2-5,7-13H,1H3;2-10,12-13H,1H3;2-11,13H,1H3;2*2-8,10-13H,1H3;;;;;/q5*-1;;;;;. The number of hydrogen-bond donors (Lipinski definition) is 0. The Balaban J connectivity index is 0.000000194. The minimum Gasteiger partial charge on any atom is -0.305 e.